The summed E-state index contributed by atoms with van der Waals surface area (Å²) in [5.41, 5.74) is 1.04. The SMILES string of the molecule is O=S(=O)(c1c(F)cccc1F)N1CCN(CCc2ccccc2Cl)CC1. The van der Waals surface area contributed by atoms with Gasteiger partial charge in [-0.25, -0.2) is 17.2 Å². The average molecular weight is 401 g/mol. The summed E-state index contributed by atoms with van der Waals surface area (Å²) in [5, 5.41) is 0.712. The van der Waals surface area contributed by atoms with Gasteiger partial charge in [-0.2, -0.15) is 4.31 Å². The molecule has 8 heteroatoms. The smallest absolute Gasteiger partial charge is 0.249 e. The van der Waals surface area contributed by atoms with E-state index in [9.17, 15) is 17.2 Å². The van der Waals surface area contributed by atoms with Gasteiger partial charge in [0.2, 0.25) is 10.0 Å². The maximum absolute atomic E-state index is 13.9. The molecule has 2 aromatic rings. The second-order valence-electron chi connectivity index (χ2n) is 6.14. The number of rotatable bonds is 5. The van der Waals surface area contributed by atoms with Gasteiger partial charge in [0.25, 0.3) is 0 Å². The van der Waals surface area contributed by atoms with Crippen LogP contribution in [0, 0.1) is 11.6 Å². The fourth-order valence-electron chi connectivity index (χ4n) is 3.03. The molecule has 3 rings (SSSR count). The number of nitrogens with zero attached hydrogens (tertiary/aromatic N) is 2. The topological polar surface area (TPSA) is 40.6 Å². The van der Waals surface area contributed by atoms with Crippen LogP contribution in [0.2, 0.25) is 5.02 Å². The quantitative estimate of drug-likeness (QED) is 0.774. The predicted octanol–water partition coefficient (Wildman–Crippen LogP) is 3.17. The molecular formula is C18H19ClF2N2O2S. The van der Waals surface area contributed by atoms with Gasteiger partial charge in [-0.05, 0) is 30.2 Å². The third-order valence-corrected chi connectivity index (χ3v) is 6.82. The zero-order valence-electron chi connectivity index (χ0n) is 14.0. The minimum absolute atomic E-state index is 0.193. The Kier molecular flexibility index (Phi) is 5.92. The predicted molar refractivity (Wildman–Crippen MR) is 96.7 cm³/mol. The average Bonchev–Trinajstić information content (AvgIpc) is 2.61. The first-order valence-electron chi connectivity index (χ1n) is 8.29. The van der Waals surface area contributed by atoms with Gasteiger partial charge >= 0.3 is 0 Å². The number of benzene rings is 2. The molecule has 1 saturated heterocycles. The maximum Gasteiger partial charge on any atom is 0.249 e. The first-order valence-corrected chi connectivity index (χ1v) is 10.1. The van der Waals surface area contributed by atoms with Crippen molar-refractivity contribution in [2.75, 3.05) is 32.7 Å². The van der Waals surface area contributed by atoms with Crippen molar-refractivity contribution in [1.29, 1.82) is 0 Å². The van der Waals surface area contributed by atoms with Crippen LogP contribution in [-0.4, -0.2) is 50.3 Å². The summed E-state index contributed by atoms with van der Waals surface area (Å²) >= 11 is 6.15. The van der Waals surface area contributed by atoms with Crippen LogP contribution in [0.5, 0.6) is 0 Å². The van der Waals surface area contributed by atoms with Gasteiger partial charge in [0.15, 0.2) is 4.90 Å². The van der Waals surface area contributed by atoms with Gasteiger partial charge < -0.3 is 4.90 Å². The summed E-state index contributed by atoms with van der Waals surface area (Å²) in [5.74, 6) is -2.13. The largest absolute Gasteiger partial charge is 0.300 e. The van der Waals surface area contributed by atoms with Gasteiger partial charge in [-0.3, -0.25) is 0 Å². The molecule has 1 heterocycles. The van der Waals surface area contributed by atoms with Crippen molar-refractivity contribution in [2.45, 2.75) is 11.3 Å². The highest BCUT2D eigenvalue weighted by Gasteiger charge is 2.32. The molecule has 0 aromatic heterocycles. The van der Waals surface area contributed by atoms with Gasteiger partial charge in [0.1, 0.15) is 11.6 Å². The van der Waals surface area contributed by atoms with Crippen LogP contribution in [0.25, 0.3) is 0 Å². The Morgan fingerprint density at radius 3 is 2.15 bits per heavy atom. The number of piperazine rings is 1. The highest BCUT2D eigenvalue weighted by atomic mass is 35.5. The van der Waals surface area contributed by atoms with Crippen LogP contribution in [0.1, 0.15) is 5.56 Å². The molecule has 26 heavy (non-hydrogen) atoms. The third-order valence-electron chi connectivity index (χ3n) is 4.50. The maximum atomic E-state index is 13.9. The Hall–Kier alpha value is -1.54. The molecule has 4 nitrogen and oxygen atoms in total. The molecule has 0 bridgehead atoms. The lowest BCUT2D eigenvalue weighted by atomic mass is 10.1. The molecule has 0 amide bonds. The van der Waals surface area contributed by atoms with E-state index in [4.69, 9.17) is 11.6 Å². The Morgan fingerprint density at radius 2 is 1.54 bits per heavy atom. The molecule has 1 aliphatic heterocycles. The Morgan fingerprint density at radius 1 is 0.923 bits per heavy atom. The normalized spacial score (nSPS) is 16.7. The van der Waals surface area contributed by atoms with Crippen molar-refractivity contribution in [2.24, 2.45) is 0 Å². The van der Waals surface area contributed by atoms with Crippen LogP contribution in [0.3, 0.4) is 0 Å². The highest BCUT2D eigenvalue weighted by molar-refractivity contribution is 7.89. The molecule has 1 fully saturated rings. The van der Waals surface area contributed by atoms with E-state index >= 15 is 0 Å². The Balaban J connectivity index is 1.62. The fourth-order valence-corrected chi connectivity index (χ4v) is 4.79. The molecule has 0 unspecified atom stereocenters. The molecule has 0 atom stereocenters. The fraction of sp³-hybridized carbons (Fsp3) is 0.333. The first kappa shape index (κ1) is 19.2. The van der Waals surface area contributed by atoms with E-state index in [0.29, 0.717) is 18.1 Å². The van der Waals surface area contributed by atoms with Gasteiger partial charge in [0, 0.05) is 37.7 Å². The molecule has 0 saturated carbocycles. The molecule has 0 N–H and O–H groups in total. The van der Waals surface area contributed by atoms with Gasteiger partial charge in [0.05, 0.1) is 0 Å². The summed E-state index contributed by atoms with van der Waals surface area (Å²) < 4.78 is 54.0. The van der Waals surface area contributed by atoms with Crippen molar-refractivity contribution in [3.63, 3.8) is 0 Å². The molecule has 2 aromatic carbocycles. The second kappa shape index (κ2) is 8.00. The third kappa shape index (κ3) is 4.06. The monoisotopic (exact) mass is 400 g/mol. The molecule has 1 aliphatic rings. The zero-order chi connectivity index (χ0) is 18.7. The Bertz CT molecular complexity index is 864. The summed E-state index contributed by atoms with van der Waals surface area (Å²) in [6.07, 6.45) is 0.758. The van der Waals surface area contributed by atoms with Crippen LogP contribution in [0.15, 0.2) is 47.4 Å². The summed E-state index contributed by atoms with van der Waals surface area (Å²) in [4.78, 5) is 1.25. The van der Waals surface area contributed by atoms with E-state index < -0.39 is 26.6 Å². The summed E-state index contributed by atoms with van der Waals surface area (Å²) in [7, 11) is -4.19. The van der Waals surface area contributed by atoms with Crippen LogP contribution in [-0.2, 0) is 16.4 Å². The van der Waals surface area contributed by atoms with E-state index in [-0.39, 0.29) is 13.1 Å². The van der Waals surface area contributed by atoms with Gasteiger partial charge in [-0.15, -0.1) is 0 Å². The number of halogens is 3. The minimum Gasteiger partial charge on any atom is -0.300 e. The van der Waals surface area contributed by atoms with Crippen LogP contribution < -0.4 is 0 Å². The first-order chi connectivity index (χ1) is 12.4. The molecule has 0 radical (unpaired) electrons. The molecule has 140 valence electrons. The summed E-state index contributed by atoms with van der Waals surface area (Å²) in [6.45, 7) is 2.13. The lowest BCUT2D eigenvalue weighted by Gasteiger charge is -2.34. The highest BCUT2D eigenvalue weighted by Crippen LogP contribution is 2.24. The van der Waals surface area contributed by atoms with E-state index in [1.54, 1.807) is 0 Å². The minimum atomic E-state index is -4.19. The number of sulfonamides is 1. The van der Waals surface area contributed by atoms with Gasteiger partial charge in [-0.1, -0.05) is 35.9 Å². The van der Waals surface area contributed by atoms with E-state index in [1.165, 1.54) is 0 Å². The summed E-state index contributed by atoms with van der Waals surface area (Å²) in [6, 6.07) is 10.7. The van der Waals surface area contributed by atoms with Crippen molar-refractivity contribution >= 4 is 21.6 Å². The van der Waals surface area contributed by atoms with Crippen molar-refractivity contribution in [3.8, 4) is 0 Å². The van der Waals surface area contributed by atoms with E-state index in [1.807, 2.05) is 24.3 Å². The van der Waals surface area contributed by atoms with E-state index in [0.717, 1.165) is 41.0 Å². The molecule has 0 spiro atoms. The molecule has 0 aliphatic carbocycles. The molecular weight excluding hydrogens is 382 g/mol. The van der Waals surface area contributed by atoms with Crippen molar-refractivity contribution in [3.05, 3.63) is 64.7 Å². The van der Waals surface area contributed by atoms with Crippen LogP contribution in [0.4, 0.5) is 8.78 Å². The number of hydrogen-bond donors (Lipinski definition) is 0. The lowest BCUT2D eigenvalue weighted by Crippen LogP contribution is -2.49. The van der Waals surface area contributed by atoms with Crippen molar-refractivity contribution in [1.82, 2.24) is 9.21 Å². The zero-order valence-corrected chi connectivity index (χ0v) is 15.6. The lowest BCUT2D eigenvalue weighted by molar-refractivity contribution is 0.189. The Labute approximate surface area is 157 Å². The van der Waals surface area contributed by atoms with Crippen LogP contribution >= 0.6 is 11.6 Å². The standard InChI is InChI=1S/C18H19ClF2N2O2S/c19-15-5-2-1-4-14(15)8-9-22-10-12-23(13-11-22)26(24,25)18-16(20)6-3-7-17(18)21/h1-7H,8-13H2. The second-order valence-corrected chi connectivity index (χ2v) is 8.42. The number of hydrogen-bond acceptors (Lipinski definition) is 3. The van der Waals surface area contributed by atoms with Crippen molar-refractivity contribution < 1.29 is 17.2 Å². The van der Waals surface area contributed by atoms with E-state index in [2.05, 4.69) is 4.90 Å².